The van der Waals surface area contributed by atoms with Gasteiger partial charge in [0.25, 0.3) is 0 Å². The fourth-order valence-electron chi connectivity index (χ4n) is 2.99. The van der Waals surface area contributed by atoms with E-state index in [4.69, 9.17) is 4.74 Å². The minimum atomic E-state index is -0.582. The van der Waals surface area contributed by atoms with Crippen LogP contribution in [0.1, 0.15) is 12.8 Å². The van der Waals surface area contributed by atoms with Gasteiger partial charge in [-0.25, -0.2) is 4.39 Å². The van der Waals surface area contributed by atoms with Crippen molar-refractivity contribution < 1.29 is 18.7 Å². The number of halogens is 2. The first-order valence-electron chi connectivity index (χ1n) is 8.02. The smallest absolute Gasteiger partial charge is 0.249 e. The number of methoxy groups -OCH3 is 1. The maximum atomic E-state index is 14.6. The number of piperidine rings is 1. The number of piperazine rings is 1. The average molecular weight is 373 g/mol. The van der Waals surface area contributed by atoms with Gasteiger partial charge in [-0.3, -0.25) is 14.9 Å². The summed E-state index contributed by atoms with van der Waals surface area (Å²) in [5.74, 6) is -0.590. The number of imide groups is 1. The molecule has 3 rings (SSSR count). The first kappa shape index (κ1) is 19.3. The molecule has 7 nitrogen and oxygen atoms in total. The van der Waals surface area contributed by atoms with Crippen molar-refractivity contribution >= 4 is 35.6 Å². The van der Waals surface area contributed by atoms with Crippen molar-refractivity contribution in [2.24, 2.45) is 0 Å². The van der Waals surface area contributed by atoms with E-state index >= 15 is 0 Å². The van der Waals surface area contributed by atoms with Crippen LogP contribution in [0.15, 0.2) is 12.1 Å². The summed E-state index contributed by atoms with van der Waals surface area (Å²) in [4.78, 5) is 25.0. The van der Waals surface area contributed by atoms with Crippen LogP contribution >= 0.6 is 12.4 Å². The van der Waals surface area contributed by atoms with Crippen molar-refractivity contribution in [3.05, 3.63) is 17.9 Å². The lowest BCUT2D eigenvalue weighted by Crippen LogP contribution is -2.47. The molecule has 1 aromatic rings. The number of benzene rings is 1. The van der Waals surface area contributed by atoms with Crippen molar-refractivity contribution in [1.29, 1.82) is 0 Å². The molecule has 0 spiro atoms. The highest BCUT2D eigenvalue weighted by Gasteiger charge is 2.28. The Morgan fingerprint density at radius 3 is 2.64 bits per heavy atom. The van der Waals surface area contributed by atoms with Gasteiger partial charge in [0.05, 0.1) is 18.5 Å². The lowest BCUT2D eigenvalue weighted by molar-refractivity contribution is -0.133. The van der Waals surface area contributed by atoms with Crippen LogP contribution in [-0.2, 0) is 9.59 Å². The molecule has 0 radical (unpaired) electrons. The van der Waals surface area contributed by atoms with Crippen LogP contribution in [0.4, 0.5) is 15.8 Å². The Balaban J connectivity index is 0.00000225. The number of amides is 2. The molecule has 9 heteroatoms. The summed E-state index contributed by atoms with van der Waals surface area (Å²) in [7, 11) is 1.50. The highest BCUT2D eigenvalue weighted by molar-refractivity contribution is 6.01. The van der Waals surface area contributed by atoms with Crippen LogP contribution in [-0.4, -0.2) is 51.1 Å². The molecule has 3 N–H and O–H groups in total. The fourth-order valence-corrected chi connectivity index (χ4v) is 2.99. The molecule has 2 heterocycles. The Morgan fingerprint density at radius 1 is 1.28 bits per heavy atom. The lowest BCUT2D eigenvalue weighted by Gasteiger charge is -2.30. The number of rotatable bonds is 4. The number of hydrogen-bond donors (Lipinski definition) is 3. The van der Waals surface area contributed by atoms with Crippen molar-refractivity contribution in [3.8, 4) is 5.75 Å². The van der Waals surface area contributed by atoms with Gasteiger partial charge in [-0.1, -0.05) is 0 Å². The van der Waals surface area contributed by atoms with E-state index in [2.05, 4.69) is 16.0 Å². The molecular weight excluding hydrogens is 351 g/mol. The molecule has 2 amide bonds. The molecule has 0 aliphatic carbocycles. The van der Waals surface area contributed by atoms with E-state index in [1.54, 1.807) is 6.07 Å². The average Bonchev–Trinajstić information content (AvgIpc) is 2.58. The Morgan fingerprint density at radius 2 is 2.00 bits per heavy atom. The SMILES string of the molecule is COc1cc(N2CCNCC2)c(F)cc1NC1CCC(=O)NC1=O.Cl. The Hall–Kier alpha value is -2.06. The zero-order valence-electron chi connectivity index (χ0n) is 13.9. The third-order valence-electron chi connectivity index (χ3n) is 4.30. The van der Waals surface area contributed by atoms with E-state index in [0.717, 1.165) is 26.2 Å². The molecule has 2 saturated heterocycles. The molecule has 138 valence electrons. The fraction of sp³-hybridized carbons (Fsp3) is 0.500. The van der Waals surface area contributed by atoms with Gasteiger partial charge in [0.1, 0.15) is 17.6 Å². The summed E-state index contributed by atoms with van der Waals surface area (Å²) in [6, 6.07) is 2.41. The van der Waals surface area contributed by atoms with Crippen molar-refractivity contribution in [2.75, 3.05) is 43.5 Å². The van der Waals surface area contributed by atoms with Crippen LogP contribution in [0.25, 0.3) is 0 Å². The van der Waals surface area contributed by atoms with E-state index in [1.807, 2.05) is 4.90 Å². The predicted octanol–water partition coefficient (Wildman–Crippen LogP) is 0.883. The summed E-state index contributed by atoms with van der Waals surface area (Å²) < 4.78 is 19.9. The molecule has 0 aromatic heterocycles. The molecule has 2 fully saturated rings. The Labute approximate surface area is 151 Å². The Bertz CT molecular complexity index is 653. The van der Waals surface area contributed by atoms with Gasteiger partial charge in [-0.15, -0.1) is 12.4 Å². The van der Waals surface area contributed by atoms with Gasteiger partial charge in [0.15, 0.2) is 0 Å². The topological polar surface area (TPSA) is 82.7 Å². The van der Waals surface area contributed by atoms with Crippen molar-refractivity contribution in [3.63, 3.8) is 0 Å². The van der Waals surface area contributed by atoms with Crippen molar-refractivity contribution in [2.45, 2.75) is 18.9 Å². The molecule has 1 unspecified atom stereocenters. The lowest BCUT2D eigenvalue weighted by atomic mass is 10.1. The summed E-state index contributed by atoms with van der Waals surface area (Å²) in [6.45, 7) is 3.05. The maximum absolute atomic E-state index is 14.6. The van der Waals surface area contributed by atoms with Crippen LogP contribution in [0, 0.1) is 5.82 Å². The number of hydrogen-bond acceptors (Lipinski definition) is 6. The van der Waals surface area contributed by atoms with Crippen molar-refractivity contribution in [1.82, 2.24) is 10.6 Å². The quantitative estimate of drug-likeness (QED) is 0.681. The molecule has 25 heavy (non-hydrogen) atoms. The molecule has 0 saturated carbocycles. The summed E-state index contributed by atoms with van der Waals surface area (Å²) >= 11 is 0. The zero-order valence-corrected chi connectivity index (χ0v) is 14.7. The summed E-state index contributed by atoms with van der Waals surface area (Å²) in [6.07, 6.45) is 0.627. The summed E-state index contributed by atoms with van der Waals surface area (Å²) in [5, 5.41) is 8.48. The zero-order chi connectivity index (χ0) is 17.1. The minimum absolute atomic E-state index is 0. The van der Waals surface area contributed by atoms with Crippen LogP contribution in [0.2, 0.25) is 0 Å². The predicted molar refractivity (Wildman–Crippen MR) is 95.1 cm³/mol. The molecule has 1 aromatic carbocycles. The standard InChI is InChI=1S/C16H21FN4O3.ClH/c1-24-14-9-13(21-6-4-18-5-7-21)10(17)8-12(14)19-11-2-3-15(22)20-16(11)23;/h8-9,11,18-19H,2-7H2,1H3,(H,20,22,23);1H. The second-order valence-corrected chi connectivity index (χ2v) is 5.89. The van der Waals surface area contributed by atoms with Gasteiger partial charge in [0, 0.05) is 44.7 Å². The summed E-state index contributed by atoms with van der Waals surface area (Å²) in [5.41, 5.74) is 0.894. The van der Waals surface area contributed by atoms with E-state index in [0.29, 0.717) is 23.5 Å². The second-order valence-electron chi connectivity index (χ2n) is 5.89. The first-order chi connectivity index (χ1) is 11.6. The van der Waals surface area contributed by atoms with Gasteiger partial charge < -0.3 is 20.3 Å². The minimum Gasteiger partial charge on any atom is -0.495 e. The highest BCUT2D eigenvalue weighted by Crippen LogP contribution is 2.33. The van der Waals surface area contributed by atoms with E-state index < -0.39 is 11.9 Å². The molecule has 0 bridgehead atoms. The third-order valence-corrected chi connectivity index (χ3v) is 4.30. The second kappa shape index (κ2) is 8.35. The number of anilines is 2. The number of carbonyl (C=O) groups excluding carboxylic acids is 2. The van der Waals surface area contributed by atoms with Gasteiger partial charge in [-0.2, -0.15) is 0 Å². The van der Waals surface area contributed by atoms with Gasteiger partial charge >= 0.3 is 0 Å². The normalized spacial score (nSPS) is 20.6. The molecule has 2 aliphatic rings. The highest BCUT2D eigenvalue weighted by atomic mass is 35.5. The van der Waals surface area contributed by atoms with Crippen LogP contribution in [0.3, 0.4) is 0 Å². The van der Waals surface area contributed by atoms with Crippen LogP contribution < -0.4 is 25.6 Å². The molecular formula is C16H22ClFN4O3. The Kier molecular flexibility index (Phi) is 6.44. The first-order valence-corrected chi connectivity index (χ1v) is 8.02. The number of nitrogens with one attached hydrogen (secondary N) is 3. The van der Waals surface area contributed by atoms with E-state index in [9.17, 15) is 14.0 Å². The van der Waals surface area contributed by atoms with Gasteiger partial charge in [-0.05, 0) is 6.42 Å². The van der Waals surface area contributed by atoms with Gasteiger partial charge in [0.2, 0.25) is 11.8 Å². The number of carbonyl (C=O) groups is 2. The molecule has 2 aliphatic heterocycles. The monoisotopic (exact) mass is 372 g/mol. The number of ether oxygens (including phenoxy) is 1. The maximum Gasteiger partial charge on any atom is 0.249 e. The van der Waals surface area contributed by atoms with Crippen LogP contribution in [0.5, 0.6) is 5.75 Å². The third kappa shape index (κ3) is 4.32. The number of nitrogens with zero attached hydrogens (tertiary/aromatic N) is 1. The van der Waals surface area contributed by atoms with E-state index in [-0.39, 0.29) is 30.6 Å². The molecule has 1 atom stereocenters. The van der Waals surface area contributed by atoms with E-state index in [1.165, 1.54) is 13.2 Å². The largest absolute Gasteiger partial charge is 0.495 e.